The van der Waals surface area contributed by atoms with Crippen molar-refractivity contribution in [3.05, 3.63) is 11.1 Å². The van der Waals surface area contributed by atoms with Crippen LogP contribution in [0.1, 0.15) is 60.8 Å². The Labute approximate surface area is 117 Å². The molecule has 19 heavy (non-hydrogen) atoms. The van der Waals surface area contributed by atoms with Gasteiger partial charge in [0.1, 0.15) is 0 Å². The number of aliphatic carboxylic acids is 1. The first-order valence-electron chi connectivity index (χ1n) is 7.58. The van der Waals surface area contributed by atoms with E-state index in [1.165, 1.54) is 12.0 Å². The molecule has 1 N–H and O–H groups in total. The van der Waals surface area contributed by atoms with Gasteiger partial charge in [-0.2, -0.15) is 0 Å². The van der Waals surface area contributed by atoms with E-state index >= 15 is 0 Å². The normalized spacial score (nSPS) is 34.0. The van der Waals surface area contributed by atoms with Crippen LogP contribution in [0.4, 0.5) is 0 Å². The monoisotopic (exact) mass is 264 g/mol. The average molecular weight is 264 g/mol. The van der Waals surface area contributed by atoms with Gasteiger partial charge in [-0.3, -0.25) is 4.79 Å². The molecular formula is C17H28O2. The third kappa shape index (κ3) is 1.95. The van der Waals surface area contributed by atoms with Crippen LogP contribution >= 0.6 is 0 Å². The molecular weight excluding hydrogens is 236 g/mol. The average Bonchev–Trinajstić information content (AvgIpc) is 2.48. The number of allylic oxidation sites excluding steroid dienone is 2. The van der Waals surface area contributed by atoms with Gasteiger partial charge in [0.15, 0.2) is 0 Å². The Balaban J connectivity index is 2.52. The smallest absolute Gasteiger partial charge is 0.306 e. The van der Waals surface area contributed by atoms with E-state index in [9.17, 15) is 9.90 Å². The number of carbonyl (C=O) groups is 1. The summed E-state index contributed by atoms with van der Waals surface area (Å²) in [5, 5.41) is 9.40. The van der Waals surface area contributed by atoms with Crippen LogP contribution in [0, 0.1) is 28.6 Å². The zero-order chi connectivity index (χ0) is 14.6. The molecule has 2 rings (SSSR count). The Morgan fingerprint density at radius 1 is 1.26 bits per heavy atom. The summed E-state index contributed by atoms with van der Waals surface area (Å²) < 4.78 is 0. The summed E-state index contributed by atoms with van der Waals surface area (Å²) in [7, 11) is 0. The predicted octanol–water partition coefficient (Wildman–Crippen LogP) is 4.51. The summed E-state index contributed by atoms with van der Waals surface area (Å²) in [6.07, 6.45) is 3.35. The molecule has 2 aliphatic rings. The van der Waals surface area contributed by atoms with E-state index in [-0.39, 0.29) is 22.7 Å². The SMILES string of the molecule is CC(C(=O)O)C1CCCC2=C1C(C)(C)C(C)C2(C)C. The maximum Gasteiger partial charge on any atom is 0.306 e. The molecule has 3 atom stereocenters. The highest BCUT2D eigenvalue weighted by Gasteiger charge is 2.53. The van der Waals surface area contributed by atoms with Crippen LogP contribution in [-0.4, -0.2) is 11.1 Å². The first-order valence-corrected chi connectivity index (χ1v) is 7.58. The van der Waals surface area contributed by atoms with Gasteiger partial charge in [0.2, 0.25) is 0 Å². The van der Waals surface area contributed by atoms with Crippen LogP contribution in [0.3, 0.4) is 0 Å². The lowest BCUT2D eigenvalue weighted by Gasteiger charge is -2.37. The van der Waals surface area contributed by atoms with Crippen molar-refractivity contribution in [1.82, 2.24) is 0 Å². The molecule has 0 aliphatic heterocycles. The highest BCUT2D eigenvalue weighted by Crippen LogP contribution is 2.63. The molecule has 2 heteroatoms. The first-order chi connectivity index (χ1) is 8.61. The second-order valence-electron chi connectivity index (χ2n) is 7.68. The van der Waals surface area contributed by atoms with E-state index in [1.807, 2.05) is 6.92 Å². The van der Waals surface area contributed by atoms with Crippen LogP contribution in [-0.2, 0) is 4.79 Å². The fourth-order valence-electron chi connectivity index (χ4n) is 4.61. The predicted molar refractivity (Wildman–Crippen MR) is 77.9 cm³/mol. The molecule has 0 heterocycles. The Morgan fingerprint density at radius 3 is 2.37 bits per heavy atom. The van der Waals surface area contributed by atoms with Gasteiger partial charge >= 0.3 is 5.97 Å². The van der Waals surface area contributed by atoms with E-state index < -0.39 is 5.97 Å². The lowest BCUT2D eigenvalue weighted by molar-refractivity contribution is -0.142. The number of carboxylic acids is 1. The zero-order valence-electron chi connectivity index (χ0n) is 13.2. The van der Waals surface area contributed by atoms with Gasteiger partial charge in [-0.1, -0.05) is 52.7 Å². The maximum absolute atomic E-state index is 11.4. The largest absolute Gasteiger partial charge is 0.481 e. The molecule has 0 radical (unpaired) electrons. The van der Waals surface area contributed by atoms with Crippen LogP contribution in [0.2, 0.25) is 0 Å². The van der Waals surface area contributed by atoms with Crippen molar-refractivity contribution >= 4 is 5.97 Å². The summed E-state index contributed by atoms with van der Waals surface area (Å²) in [5.41, 5.74) is 3.39. The molecule has 108 valence electrons. The number of carboxylic acid groups (broad SMARTS) is 1. The lowest BCUT2D eigenvalue weighted by atomic mass is 9.67. The van der Waals surface area contributed by atoms with Crippen LogP contribution in [0.25, 0.3) is 0 Å². The minimum absolute atomic E-state index is 0.133. The first kappa shape index (κ1) is 14.6. The molecule has 0 aromatic carbocycles. The van der Waals surface area contributed by atoms with Crippen LogP contribution in [0.5, 0.6) is 0 Å². The molecule has 0 saturated heterocycles. The van der Waals surface area contributed by atoms with E-state index in [1.54, 1.807) is 5.57 Å². The highest BCUT2D eigenvalue weighted by atomic mass is 16.4. The van der Waals surface area contributed by atoms with Crippen molar-refractivity contribution < 1.29 is 9.90 Å². The minimum atomic E-state index is -0.646. The quantitative estimate of drug-likeness (QED) is 0.745. The standard InChI is InChI=1S/C17H28O2/c1-10(15(18)19)12-8-7-9-13-14(12)17(5,6)11(2)16(13,3)4/h10-12H,7-9H2,1-6H3,(H,18,19). The van der Waals surface area contributed by atoms with E-state index in [4.69, 9.17) is 0 Å². The Kier molecular flexibility index (Phi) is 3.35. The summed E-state index contributed by atoms with van der Waals surface area (Å²) in [6, 6.07) is 0. The molecule has 3 unspecified atom stereocenters. The van der Waals surface area contributed by atoms with Crippen molar-refractivity contribution in [2.75, 3.05) is 0 Å². The molecule has 0 bridgehead atoms. The molecule has 2 nitrogen and oxygen atoms in total. The number of hydrogen-bond donors (Lipinski definition) is 1. The van der Waals surface area contributed by atoms with Crippen LogP contribution in [0.15, 0.2) is 11.1 Å². The van der Waals surface area contributed by atoms with Crippen LogP contribution < -0.4 is 0 Å². The summed E-state index contributed by atoms with van der Waals surface area (Å²) in [5.74, 6) is -0.0929. The molecule has 0 spiro atoms. The van der Waals surface area contributed by atoms with Gasteiger partial charge in [-0.25, -0.2) is 0 Å². The zero-order valence-corrected chi connectivity index (χ0v) is 13.2. The van der Waals surface area contributed by atoms with E-state index in [0.29, 0.717) is 5.92 Å². The Hall–Kier alpha value is -0.790. The third-order valence-electron chi connectivity index (χ3n) is 6.27. The molecule has 0 amide bonds. The van der Waals surface area contributed by atoms with Crippen molar-refractivity contribution in [1.29, 1.82) is 0 Å². The summed E-state index contributed by atoms with van der Waals surface area (Å²) in [4.78, 5) is 11.4. The number of rotatable bonds is 2. The minimum Gasteiger partial charge on any atom is -0.481 e. The van der Waals surface area contributed by atoms with Crippen molar-refractivity contribution in [3.63, 3.8) is 0 Å². The van der Waals surface area contributed by atoms with E-state index in [0.717, 1.165) is 12.8 Å². The molecule has 0 fully saturated rings. The Morgan fingerprint density at radius 2 is 1.84 bits per heavy atom. The van der Waals surface area contributed by atoms with Crippen molar-refractivity contribution in [2.24, 2.45) is 28.6 Å². The van der Waals surface area contributed by atoms with Gasteiger partial charge < -0.3 is 5.11 Å². The number of hydrogen-bond acceptors (Lipinski definition) is 1. The highest BCUT2D eigenvalue weighted by molar-refractivity contribution is 5.71. The molecule has 0 saturated carbocycles. The molecule has 2 aliphatic carbocycles. The van der Waals surface area contributed by atoms with Gasteiger partial charge in [-0.05, 0) is 41.9 Å². The summed E-state index contributed by atoms with van der Waals surface area (Å²) in [6.45, 7) is 13.5. The van der Waals surface area contributed by atoms with Gasteiger partial charge in [0, 0.05) is 0 Å². The molecule has 0 aromatic heterocycles. The maximum atomic E-state index is 11.4. The summed E-state index contributed by atoms with van der Waals surface area (Å²) >= 11 is 0. The lowest BCUT2D eigenvalue weighted by Crippen LogP contribution is -2.32. The Bertz CT molecular complexity index is 429. The fourth-order valence-corrected chi connectivity index (χ4v) is 4.61. The topological polar surface area (TPSA) is 37.3 Å². The second-order valence-corrected chi connectivity index (χ2v) is 7.68. The van der Waals surface area contributed by atoms with Gasteiger partial charge in [0.25, 0.3) is 0 Å². The van der Waals surface area contributed by atoms with Crippen molar-refractivity contribution in [3.8, 4) is 0 Å². The van der Waals surface area contributed by atoms with Crippen molar-refractivity contribution in [2.45, 2.75) is 60.8 Å². The fraction of sp³-hybridized carbons (Fsp3) is 0.824. The van der Waals surface area contributed by atoms with Gasteiger partial charge in [-0.15, -0.1) is 0 Å². The second kappa shape index (κ2) is 4.36. The third-order valence-corrected chi connectivity index (χ3v) is 6.27. The molecule has 0 aromatic rings. The van der Waals surface area contributed by atoms with E-state index in [2.05, 4.69) is 34.6 Å². The van der Waals surface area contributed by atoms with Gasteiger partial charge in [0.05, 0.1) is 5.92 Å².